The van der Waals surface area contributed by atoms with E-state index < -0.39 is 23.4 Å². The van der Waals surface area contributed by atoms with Crippen LogP contribution in [0.3, 0.4) is 0 Å². The van der Waals surface area contributed by atoms with Crippen LogP contribution in [0.15, 0.2) is 18.2 Å². The second-order valence-corrected chi connectivity index (χ2v) is 3.84. The molecule has 0 radical (unpaired) electrons. The first kappa shape index (κ1) is 14.0. The molecule has 0 atom stereocenters. The fourth-order valence-corrected chi connectivity index (χ4v) is 1.39. The number of hydrogen-bond donors (Lipinski definition) is 2. The Balaban J connectivity index is 2.56. The third-order valence-electron chi connectivity index (χ3n) is 1.99. The molecular formula is C11H13F2N3O2. The van der Waals surface area contributed by atoms with Crippen LogP contribution in [0, 0.1) is 11.6 Å². The van der Waals surface area contributed by atoms with Gasteiger partial charge in [-0.15, -0.1) is 0 Å². The van der Waals surface area contributed by atoms with Crippen molar-refractivity contribution in [2.24, 2.45) is 5.73 Å². The maximum Gasteiger partial charge on any atom is 0.238 e. The Labute approximate surface area is 103 Å². The largest absolute Gasteiger partial charge is 0.369 e. The zero-order chi connectivity index (χ0) is 13.7. The number of rotatable bonds is 5. The van der Waals surface area contributed by atoms with Crippen molar-refractivity contribution >= 4 is 17.5 Å². The highest BCUT2D eigenvalue weighted by molar-refractivity contribution is 5.92. The van der Waals surface area contributed by atoms with Gasteiger partial charge in [0.05, 0.1) is 13.1 Å². The number of halogens is 2. The van der Waals surface area contributed by atoms with Crippen molar-refractivity contribution < 1.29 is 18.4 Å². The Kier molecular flexibility index (Phi) is 4.73. The highest BCUT2D eigenvalue weighted by Crippen LogP contribution is 2.12. The van der Waals surface area contributed by atoms with Crippen molar-refractivity contribution in [2.45, 2.75) is 0 Å². The van der Waals surface area contributed by atoms with Gasteiger partial charge in [-0.05, 0) is 19.2 Å². The van der Waals surface area contributed by atoms with Crippen molar-refractivity contribution in [3.8, 4) is 0 Å². The lowest BCUT2D eigenvalue weighted by molar-refractivity contribution is -0.120. The SMILES string of the molecule is CN(CC(N)=O)CC(=O)Nc1cc(F)cc(F)c1. The molecule has 0 heterocycles. The summed E-state index contributed by atoms with van der Waals surface area (Å²) >= 11 is 0. The van der Waals surface area contributed by atoms with E-state index >= 15 is 0 Å². The maximum atomic E-state index is 12.9. The molecule has 98 valence electrons. The molecule has 0 aliphatic heterocycles. The lowest BCUT2D eigenvalue weighted by Crippen LogP contribution is -2.36. The molecule has 0 aliphatic carbocycles. The summed E-state index contributed by atoms with van der Waals surface area (Å²) in [7, 11) is 1.52. The molecule has 1 aromatic carbocycles. The van der Waals surface area contributed by atoms with E-state index in [-0.39, 0.29) is 18.8 Å². The third kappa shape index (κ3) is 4.88. The van der Waals surface area contributed by atoms with Crippen LogP contribution in [-0.2, 0) is 9.59 Å². The second kappa shape index (κ2) is 6.06. The van der Waals surface area contributed by atoms with Gasteiger partial charge in [-0.1, -0.05) is 0 Å². The Bertz CT molecular complexity index is 445. The van der Waals surface area contributed by atoms with Gasteiger partial charge in [-0.3, -0.25) is 14.5 Å². The minimum atomic E-state index is -0.782. The topological polar surface area (TPSA) is 75.4 Å². The molecule has 7 heteroatoms. The number of nitrogens with two attached hydrogens (primary N) is 1. The standard InChI is InChI=1S/C11H13F2N3O2/c1-16(5-10(14)17)6-11(18)15-9-3-7(12)2-8(13)4-9/h2-4H,5-6H2,1H3,(H2,14,17)(H,15,18). The number of carbonyl (C=O) groups excluding carboxylic acids is 2. The monoisotopic (exact) mass is 257 g/mol. The molecular weight excluding hydrogens is 244 g/mol. The fourth-order valence-electron chi connectivity index (χ4n) is 1.39. The summed E-state index contributed by atoms with van der Waals surface area (Å²) in [5.74, 6) is -2.63. The average Bonchev–Trinajstić information content (AvgIpc) is 2.12. The van der Waals surface area contributed by atoms with Gasteiger partial charge in [-0.2, -0.15) is 0 Å². The van der Waals surface area contributed by atoms with Crippen molar-refractivity contribution in [2.75, 3.05) is 25.5 Å². The van der Waals surface area contributed by atoms with Gasteiger partial charge in [0.2, 0.25) is 11.8 Å². The summed E-state index contributed by atoms with van der Waals surface area (Å²) in [4.78, 5) is 23.4. The van der Waals surface area contributed by atoms with Crippen LogP contribution in [-0.4, -0.2) is 36.9 Å². The molecule has 3 N–H and O–H groups in total. The van der Waals surface area contributed by atoms with Gasteiger partial charge in [0.15, 0.2) is 0 Å². The molecule has 0 unspecified atom stereocenters. The van der Waals surface area contributed by atoms with Gasteiger partial charge in [-0.25, -0.2) is 8.78 Å². The minimum absolute atomic E-state index is 0.0185. The van der Waals surface area contributed by atoms with Crippen molar-refractivity contribution in [1.29, 1.82) is 0 Å². The van der Waals surface area contributed by atoms with E-state index in [1.165, 1.54) is 11.9 Å². The quantitative estimate of drug-likeness (QED) is 0.797. The summed E-state index contributed by atoms with van der Waals surface area (Å²) in [6, 6.07) is 2.69. The molecule has 1 aromatic rings. The maximum absolute atomic E-state index is 12.9. The second-order valence-electron chi connectivity index (χ2n) is 3.84. The molecule has 0 saturated heterocycles. The summed E-state index contributed by atoms with van der Waals surface area (Å²) in [6.45, 7) is -0.188. The van der Waals surface area contributed by atoms with Crippen LogP contribution < -0.4 is 11.1 Å². The number of carbonyl (C=O) groups is 2. The van der Waals surface area contributed by atoms with E-state index in [1.807, 2.05) is 0 Å². The normalized spacial score (nSPS) is 10.4. The molecule has 0 fully saturated rings. The molecule has 5 nitrogen and oxygen atoms in total. The number of hydrogen-bond acceptors (Lipinski definition) is 3. The van der Waals surface area contributed by atoms with Gasteiger partial charge >= 0.3 is 0 Å². The Morgan fingerprint density at radius 2 is 1.78 bits per heavy atom. The lowest BCUT2D eigenvalue weighted by Gasteiger charge is -2.14. The number of nitrogens with one attached hydrogen (secondary N) is 1. The van der Waals surface area contributed by atoms with Crippen molar-refractivity contribution in [3.05, 3.63) is 29.8 Å². The van der Waals surface area contributed by atoms with Crippen molar-refractivity contribution in [1.82, 2.24) is 4.90 Å². The zero-order valence-electron chi connectivity index (χ0n) is 9.74. The zero-order valence-corrected chi connectivity index (χ0v) is 9.74. The van der Waals surface area contributed by atoms with Gasteiger partial charge in [0.25, 0.3) is 0 Å². The van der Waals surface area contributed by atoms with Gasteiger partial charge in [0, 0.05) is 11.8 Å². The lowest BCUT2D eigenvalue weighted by atomic mass is 10.3. The van der Waals surface area contributed by atoms with E-state index in [1.54, 1.807) is 0 Å². The molecule has 0 bridgehead atoms. The predicted molar refractivity (Wildman–Crippen MR) is 61.7 cm³/mol. The number of nitrogens with zero attached hydrogens (tertiary/aromatic N) is 1. The fraction of sp³-hybridized carbons (Fsp3) is 0.273. The number of anilines is 1. The van der Waals surface area contributed by atoms with Gasteiger partial charge in [0.1, 0.15) is 11.6 Å². The molecule has 18 heavy (non-hydrogen) atoms. The summed E-state index contributed by atoms with van der Waals surface area (Å²) in [5.41, 5.74) is 4.97. The first-order valence-electron chi connectivity index (χ1n) is 5.09. The smallest absolute Gasteiger partial charge is 0.238 e. The number of primary amides is 1. The molecule has 0 aliphatic rings. The van der Waals surface area contributed by atoms with E-state index in [9.17, 15) is 18.4 Å². The Morgan fingerprint density at radius 3 is 2.28 bits per heavy atom. The van der Waals surface area contributed by atoms with Crippen LogP contribution in [0.5, 0.6) is 0 Å². The summed E-state index contributed by atoms with van der Waals surface area (Å²) in [5, 5.41) is 2.32. The Hall–Kier alpha value is -2.02. The van der Waals surface area contributed by atoms with Crippen LogP contribution in [0.4, 0.5) is 14.5 Å². The molecule has 0 aromatic heterocycles. The number of likely N-dealkylation sites (N-methyl/N-ethyl adjacent to an activating group) is 1. The first-order chi connectivity index (χ1) is 8.36. The minimum Gasteiger partial charge on any atom is -0.369 e. The average molecular weight is 257 g/mol. The van der Waals surface area contributed by atoms with Crippen LogP contribution in [0.2, 0.25) is 0 Å². The third-order valence-corrected chi connectivity index (χ3v) is 1.99. The van der Waals surface area contributed by atoms with Crippen LogP contribution in [0.1, 0.15) is 0 Å². The predicted octanol–water partition coefficient (Wildman–Crippen LogP) is 0.320. The van der Waals surface area contributed by atoms with E-state index in [2.05, 4.69) is 5.32 Å². The molecule has 2 amide bonds. The first-order valence-corrected chi connectivity index (χ1v) is 5.09. The van der Waals surface area contributed by atoms with E-state index in [4.69, 9.17) is 5.73 Å². The van der Waals surface area contributed by atoms with E-state index in [0.717, 1.165) is 12.1 Å². The number of amides is 2. The Morgan fingerprint density at radius 1 is 1.22 bits per heavy atom. The van der Waals surface area contributed by atoms with Crippen LogP contribution >= 0.6 is 0 Å². The van der Waals surface area contributed by atoms with Crippen molar-refractivity contribution in [3.63, 3.8) is 0 Å². The highest BCUT2D eigenvalue weighted by Gasteiger charge is 2.10. The summed E-state index contributed by atoms with van der Waals surface area (Å²) < 4.78 is 25.7. The molecule has 0 saturated carbocycles. The highest BCUT2D eigenvalue weighted by atomic mass is 19.1. The van der Waals surface area contributed by atoms with Gasteiger partial charge < -0.3 is 11.1 Å². The van der Waals surface area contributed by atoms with E-state index in [0.29, 0.717) is 6.07 Å². The molecule has 0 spiro atoms. The molecule has 1 rings (SSSR count). The van der Waals surface area contributed by atoms with Crippen LogP contribution in [0.25, 0.3) is 0 Å². The number of benzene rings is 1. The summed E-state index contributed by atoms with van der Waals surface area (Å²) in [6.07, 6.45) is 0.